The van der Waals surface area contributed by atoms with Crippen molar-refractivity contribution in [1.29, 1.82) is 0 Å². The molecule has 0 saturated heterocycles. The Hall–Kier alpha value is -2.89. The van der Waals surface area contributed by atoms with E-state index in [0.717, 1.165) is 5.56 Å². The molecule has 1 N–H and O–H groups in total. The second-order valence-electron chi connectivity index (χ2n) is 6.28. The number of amides is 1. The highest BCUT2D eigenvalue weighted by Gasteiger charge is 2.22. The van der Waals surface area contributed by atoms with Crippen molar-refractivity contribution < 1.29 is 13.6 Å². The maximum absolute atomic E-state index is 13.0. The van der Waals surface area contributed by atoms with E-state index >= 15 is 0 Å². The molecule has 0 saturated carbocycles. The van der Waals surface area contributed by atoms with Crippen molar-refractivity contribution in [2.45, 2.75) is 33.4 Å². The minimum atomic E-state index is -0.331. The molecule has 1 amide bonds. The molecule has 0 fully saturated rings. The highest BCUT2D eigenvalue weighted by Crippen LogP contribution is 2.22. The Labute approximate surface area is 144 Å². The summed E-state index contributed by atoms with van der Waals surface area (Å²) in [5.74, 6) is -0.252. The number of halogens is 1. The molecule has 5 nitrogen and oxygen atoms in total. The summed E-state index contributed by atoms with van der Waals surface area (Å²) in [5.41, 5.74) is 1.12. The summed E-state index contributed by atoms with van der Waals surface area (Å²) in [6.45, 7) is 5.65. The number of pyridine rings is 1. The summed E-state index contributed by atoms with van der Waals surface area (Å²) in [5, 5.41) is 3.06. The van der Waals surface area contributed by atoms with Gasteiger partial charge in [0.2, 0.25) is 0 Å². The molecule has 0 radical (unpaired) electrons. The fourth-order valence-electron chi connectivity index (χ4n) is 2.78. The Morgan fingerprint density at radius 1 is 1.24 bits per heavy atom. The number of hydrogen-bond donors (Lipinski definition) is 1. The number of nitrogens with one attached hydrogen (secondary N) is 1. The molecule has 0 atom stereocenters. The molecule has 0 aliphatic carbocycles. The molecule has 0 aliphatic heterocycles. The monoisotopic (exact) mass is 342 g/mol. The summed E-state index contributed by atoms with van der Waals surface area (Å²) < 4.78 is 20.1. The number of fused-ring (bicyclic) bond motifs is 1. The molecule has 0 bridgehead atoms. The number of aryl methyl sites for hydroxylation is 1. The standard InChI is InChI=1S/C19H19FN2O3/c1-11(2)21-18(23)16-12(3)25-15-8-9-22(19(24)17(15)16)10-13-4-6-14(20)7-5-13/h4-9,11H,10H2,1-3H3,(H,21,23). The highest BCUT2D eigenvalue weighted by atomic mass is 19.1. The van der Waals surface area contributed by atoms with E-state index < -0.39 is 0 Å². The SMILES string of the molecule is Cc1oc2ccn(Cc3ccc(F)cc3)c(=O)c2c1C(=O)NC(C)C. The molecule has 1 aromatic carbocycles. The molecule has 3 rings (SSSR count). The van der Waals surface area contributed by atoms with Gasteiger partial charge in [-0.15, -0.1) is 0 Å². The van der Waals surface area contributed by atoms with Gasteiger partial charge in [-0.05, 0) is 44.5 Å². The molecule has 25 heavy (non-hydrogen) atoms. The van der Waals surface area contributed by atoms with E-state index in [1.165, 1.54) is 16.7 Å². The maximum atomic E-state index is 13.0. The van der Waals surface area contributed by atoms with Gasteiger partial charge in [-0.2, -0.15) is 0 Å². The van der Waals surface area contributed by atoms with Gasteiger partial charge in [0.1, 0.15) is 17.2 Å². The highest BCUT2D eigenvalue weighted by molar-refractivity contribution is 6.07. The van der Waals surface area contributed by atoms with Gasteiger partial charge in [-0.3, -0.25) is 9.59 Å². The molecule has 0 unspecified atom stereocenters. The van der Waals surface area contributed by atoms with Crippen LogP contribution >= 0.6 is 0 Å². The van der Waals surface area contributed by atoms with Crippen LogP contribution in [0.3, 0.4) is 0 Å². The number of carbonyl (C=O) groups is 1. The maximum Gasteiger partial charge on any atom is 0.262 e. The van der Waals surface area contributed by atoms with Gasteiger partial charge in [-0.1, -0.05) is 12.1 Å². The topological polar surface area (TPSA) is 64.2 Å². The molecule has 2 aromatic heterocycles. The average Bonchev–Trinajstić information content (AvgIpc) is 2.88. The zero-order valence-electron chi connectivity index (χ0n) is 14.3. The van der Waals surface area contributed by atoms with Crippen LogP contribution in [0.15, 0.2) is 45.7 Å². The first-order valence-corrected chi connectivity index (χ1v) is 8.04. The molecule has 130 valence electrons. The Kier molecular flexibility index (Phi) is 4.44. The lowest BCUT2D eigenvalue weighted by Crippen LogP contribution is -2.31. The average molecular weight is 342 g/mol. The summed E-state index contributed by atoms with van der Waals surface area (Å²) in [6, 6.07) is 7.56. The van der Waals surface area contributed by atoms with E-state index in [0.29, 0.717) is 11.3 Å². The minimum absolute atomic E-state index is 0.0537. The fourth-order valence-corrected chi connectivity index (χ4v) is 2.78. The molecule has 0 spiro atoms. The summed E-state index contributed by atoms with van der Waals surface area (Å²) in [6.07, 6.45) is 1.61. The van der Waals surface area contributed by atoms with Crippen LogP contribution in [0.4, 0.5) is 4.39 Å². The van der Waals surface area contributed by atoms with Crippen molar-refractivity contribution in [3.63, 3.8) is 0 Å². The van der Waals surface area contributed by atoms with Crippen LogP contribution in [0.5, 0.6) is 0 Å². The van der Waals surface area contributed by atoms with Crippen LogP contribution in [0.2, 0.25) is 0 Å². The second kappa shape index (κ2) is 6.55. The van der Waals surface area contributed by atoms with Gasteiger partial charge in [0.15, 0.2) is 0 Å². The van der Waals surface area contributed by atoms with Crippen LogP contribution in [-0.4, -0.2) is 16.5 Å². The number of carbonyl (C=O) groups excluding carboxylic acids is 1. The summed E-state index contributed by atoms with van der Waals surface area (Å²) in [7, 11) is 0. The molecular weight excluding hydrogens is 323 g/mol. The van der Waals surface area contributed by atoms with Gasteiger partial charge in [-0.25, -0.2) is 4.39 Å². The third-order valence-electron chi connectivity index (χ3n) is 3.91. The van der Waals surface area contributed by atoms with Crippen LogP contribution in [-0.2, 0) is 6.54 Å². The Balaban J connectivity index is 2.08. The molecule has 3 aromatic rings. The second-order valence-corrected chi connectivity index (χ2v) is 6.28. The molecule has 2 heterocycles. The fraction of sp³-hybridized carbons (Fsp3) is 0.263. The van der Waals surface area contributed by atoms with Crippen molar-refractivity contribution in [1.82, 2.24) is 9.88 Å². The van der Waals surface area contributed by atoms with Crippen LogP contribution in [0.25, 0.3) is 11.0 Å². The van der Waals surface area contributed by atoms with E-state index in [4.69, 9.17) is 4.42 Å². The lowest BCUT2D eigenvalue weighted by molar-refractivity contribution is 0.0943. The van der Waals surface area contributed by atoms with E-state index in [2.05, 4.69) is 5.32 Å². The van der Waals surface area contributed by atoms with E-state index in [1.54, 1.807) is 31.3 Å². The minimum Gasteiger partial charge on any atom is -0.460 e. The first-order valence-electron chi connectivity index (χ1n) is 8.04. The van der Waals surface area contributed by atoms with Crippen molar-refractivity contribution >= 4 is 16.9 Å². The number of benzene rings is 1. The van der Waals surface area contributed by atoms with Gasteiger partial charge < -0.3 is 14.3 Å². The van der Waals surface area contributed by atoms with Gasteiger partial charge in [0.25, 0.3) is 11.5 Å². The van der Waals surface area contributed by atoms with E-state index in [9.17, 15) is 14.0 Å². The number of furan rings is 1. The Bertz CT molecular complexity index is 984. The lowest BCUT2D eigenvalue weighted by atomic mass is 10.1. The summed E-state index contributed by atoms with van der Waals surface area (Å²) in [4.78, 5) is 25.3. The van der Waals surface area contributed by atoms with Crippen LogP contribution in [0.1, 0.15) is 35.5 Å². The van der Waals surface area contributed by atoms with Crippen LogP contribution in [0, 0.1) is 12.7 Å². The van der Waals surface area contributed by atoms with Gasteiger partial charge in [0, 0.05) is 12.2 Å². The largest absolute Gasteiger partial charge is 0.460 e. The van der Waals surface area contributed by atoms with Crippen molar-refractivity contribution in [3.05, 3.63) is 69.6 Å². The molecule has 6 heteroatoms. The Morgan fingerprint density at radius 2 is 1.92 bits per heavy atom. The number of hydrogen-bond acceptors (Lipinski definition) is 3. The first-order chi connectivity index (χ1) is 11.9. The lowest BCUT2D eigenvalue weighted by Gasteiger charge is -2.09. The zero-order chi connectivity index (χ0) is 18.1. The smallest absolute Gasteiger partial charge is 0.262 e. The Morgan fingerprint density at radius 3 is 2.56 bits per heavy atom. The number of aromatic nitrogens is 1. The molecular formula is C19H19FN2O3. The van der Waals surface area contributed by atoms with Crippen molar-refractivity contribution in [3.8, 4) is 0 Å². The van der Waals surface area contributed by atoms with Gasteiger partial charge in [0.05, 0.1) is 17.5 Å². The van der Waals surface area contributed by atoms with Gasteiger partial charge >= 0.3 is 0 Å². The quantitative estimate of drug-likeness (QED) is 0.792. The summed E-state index contributed by atoms with van der Waals surface area (Å²) >= 11 is 0. The third kappa shape index (κ3) is 3.33. The first kappa shape index (κ1) is 17.0. The zero-order valence-corrected chi connectivity index (χ0v) is 14.3. The predicted molar refractivity (Wildman–Crippen MR) is 93.3 cm³/mol. The normalized spacial score (nSPS) is 11.2. The van der Waals surface area contributed by atoms with Crippen LogP contribution < -0.4 is 10.9 Å². The third-order valence-corrected chi connectivity index (χ3v) is 3.91. The van der Waals surface area contributed by atoms with E-state index in [1.807, 2.05) is 13.8 Å². The number of rotatable bonds is 4. The van der Waals surface area contributed by atoms with Crippen molar-refractivity contribution in [2.24, 2.45) is 0 Å². The number of nitrogens with zero attached hydrogens (tertiary/aromatic N) is 1. The van der Waals surface area contributed by atoms with E-state index in [-0.39, 0.29) is 40.8 Å². The predicted octanol–water partition coefficient (Wildman–Crippen LogP) is 3.23. The van der Waals surface area contributed by atoms with Crippen molar-refractivity contribution in [2.75, 3.05) is 0 Å². The molecule has 0 aliphatic rings.